The molecule has 7 heteroatoms. The lowest BCUT2D eigenvalue weighted by molar-refractivity contribution is 0.567. The number of hydrogen-bond acceptors (Lipinski definition) is 4. The normalized spacial score (nSPS) is 12.5. The van der Waals surface area contributed by atoms with E-state index in [4.69, 9.17) is 4.42 Å². The van der Waals surface area contributed by atoms with E-state index in [1.54, 1.807) is 23.1 Å². The highest BCUT2D eigenvalue weighted by atomic mass is 79.9. The number of nitrogens with zero attached hydrogens (tertiary/aromatic N) is 4. The fraction of sp³-hybridized carbons (Fsp3) is 0.214. The first-order chi connectivity index (χ1) is 10.1. The molecule has 0 fully saturated rings. The van der Waals surface area contributed by atoms with E-state index in [0.717, 1.165) is 17.0 Å². The molecule has 0 saturated carbocycles. The van der Waals surface area contributed by atoms with Crippen LogP contribution in [-0.4, -0.2) is 20.0 Å². The van der Waals surface area contributed by atoms with Crippen molar-refractivity contribution in [3.8, 4) is 11.5 Å². The van der Waals surface area contributed by atoms with Gasteiger partial charge >= 0.3 is 0 Å². The Morgan fingerprint density at radius 2 is 2.10 bits per heavy atom. The van der Waals surface area contributed by atoms with Gasteiger partial charge in [0.25, 0.3) is 0 Å². The van der Waals surface area contributed by atoms with Gasteiger partial charge in [0.05, 0.1) is 23.3 Å². The van der Waals surface area contributed by atoms with Crippen LogP contribution in [0, 0.1) is 5.82 Å². The largest absolute Gasteiger partial charge is 0.444 e. The molecular weight excluding hydrogens is 339 g/mol. The Balaban J connectivity index is 1.76. The Hall–Kier alpha value is -2.02. The molecule has 2 heterocycles. The zero-order valence-corrected chi connectivity index (χ0v) is 12.8. The zero-order valence-electron chi connectivity index (χ0n) is 11.2. The number of rotatable bonds is 4. The summed E-state index contributed by atoms with van der Waals surface area (Å²) in [6.07, 6.45) is 3.42. The maximum atomic E-state index is 12.9. The van der Waals surface area contributed by atoms with Crippen LogP contribution in [-0.2, 0) is 6.54 Å². The highest BCUT2D eigenvalue weighted by Gasteiger charge is 2.10. The van der Waals surface area contributed by atoms with Crippen molar-refractivity contribution >= 4 is 15.9 Å². The fourth-order valence-corrected chi connectivity index (χ4v) is 2.05. The van der Waals surface area contributed by atoms with E-state index in [9.17, 15) is 4.39 Å². The van der Waals surface area contributed by atoms with Gasteiger partial charge in [0.15, 0.2) is 0 Å². The zero-order chi connectivity index (χ0) is 14.8. The van der Waals surface area contributed by atoms with Crippen LogP contribution in [0.4, 0.5) is 4.39 Å². The van der Waals surface area contributed by atoms with Gasteiger partial charge in [-0.15, -0.1) is 5.10 Å². The van der Waals surface area contributed by atoms with Crippen molar-refractivity contribution in [1.29, 1.82) is 0 Å². The summed E-state index contributed by atoms with van der Waals surface area (Å²) in [5.41, 5.74) is 2.32. The molecule has 1 atom stereocenters. The Morgan fingerprint density at radius 3 is 2.76 bits per heavy atom. The molecule has 0 bridgehead atoms. The van der Waals surface area contributed by atoms with Crippen molar-refractivity contribution < 1.29 is 8.81 Å². The van der Waals surface area contributed by atoms with E-state index in [2.05, 4.69) is 31.2 Å². The minimum atomic E-state index is -0.287. The van der Waals surface area contributed by atoms with Crippen molar-refractivity contribution in [3.63, 3.8) is 0 Å². The molecule has 0 aliphatic heterocycles. The molecule has 21 heavy (non-hydrogen) atoms. The van der Waals surface area contributed by atoms with Crippen LogP contribution < -0.4 is 0 Å². The van der Waals surface area contributed by atoms with Gasteiger partial charge < -0.3 is 4.42 Å². The molecule has 0 N–H and O–H groups in total. The first kappa shape index (κ1) is 13.9. The average Bonchev–Trinajstić information content (AvgIpc) is 3.10. The van der Waals surface area contributed by atoms with Crippen LogP contribution in [0.2, 0.25) is 0 Å². The molecule has 1 unspecified atom stereocenters. The SMILES string of the molecule is CC(Br)c1cn(Cc2coc(-c3ccc(F)cc3)n2)nn1. The Kier molecular flexibility index (Phi) is 3.83. The molecule has 0 radical (unpaired) electrons. The summed E-state index contributed by atoms with van der Waals surface area (Å²) >= 11 is 3.44. The van der Waals surface area contributed by atoms with Crippen LogP contribution in [0.3, 0.4) is 0 Å². The van der Waals surface area contributed by atoms with Crippen molar-refractivity contribution in [2.45, 2.75) is 18.3 Å². The number of benzene rings is 1. The molecule has 108 valence electrons. The number of oxazole rings is 1. The van der Waals surface area contributed by atoms with Crippen LogP contribution in [0.25, 0.3) is 11.5 Å². The predicted molar refractivity (Wildman–Crippen MR) is 78.4 cm³/mol. The van der Waals surface area contributed by atoms with E-state index in [1.165, 1.54) is 12.1 Å². The van der Waals surface area contributed by atoms with E-state index < -0.39 is 0 Å². The van der Waals surface area contributed by atoms with Gasteiger partial charge in [-0.3, -0.25) is 0 Å². The number of halogens is 2. The molecular formula is C14H12BrFN4O. The minimum Gasteiger partial charge on any atom is -0.444 e. The summed E-state index contributed by atoms with van der Waals surface area (Å²) in [6, 6.07) is 6.01. The minimum absolute atomic E-state index is 0.151. The monoisotopic (exact) mass is 350 g/mol. The van der Waals surface area contributed by atoms with Gasteiger partial charge in [0.1, 0.15) is 17.8 Å². The maximum Gasteiger partial charge on any atom is 0.226 e. The van der Waals surface area contributed by atoms with Crippen molar-refractivity contribution in [2.24, 2.45) is 0 Å². The maximum absolute atomic E-state index is 12.9. The fourth-order valence-electron chi connectivity index (χ4n) is 1.84. The quantitative estimate of drug-likeness (QED) is 0.675. The highest BCUT2D eigenvalue weighted by molar-refractivity contribution is 9.09. The van der Waals surface area contributed by atoms with Crippen molar-refractivity contribution in [1.82, 2.24) is 20.0 Å². The van der Waals surface area contributed by atoms with Crippen LogP contribution in [0.15, 0.2) is 41.1 Å². The van der Waals surface area contributed by atoms with Gasteiger partial charge in [0, 0.05) is 5.56 Å². The molecule has 2 aromatic heterocycles. The smallest absolute Gasteiger partial charge is 0.226 e. The lowest BCUT2D eigenvalue weighted by Gasteiger charge is -1.96. The van der Waals surface area contributed by atoms with Gasteiger partial charge in [-0.05, 0) is 31.2 Å². The molecule has 0 aliphatic carbocycles. The second kappa shape index (κ2) is 5.77. The molecule has 1 aromatic carbocycles. The lowest BCUT2D eigenvalue weighted by atomic mass is 10.2. The van der Waals surface area contributed by atoms with Crippen molar-refractivity contribution in [2.75, 3.05) is 0 Å². The number of alkyl halides is 1. The second-order valence-electron chi connectivity index (χ2n) is 4.61. The second-order valence-corrected chi connectivity index (χ2v) is 5.98. The molecule has 0 saturated heterocycles. The summed E-state index contributed by atoms with van der Waals surface area (Å²) < 4.78 is 20.0. The third-order valence-electron chi connectivity index (χ3n) is 2.93. The summed E-state index contributed by atoms with van der Waals surface area (Å²) in [6.45, 7) is 2.45. The third kappa shape index (κ3) is 3.18. The predicted octanol–water partition coefficient (Wildman–Crippen LogP) is 3.58. The van der Waals surface area contributed by atoms with Crippen LogP contribution >= 0.6 is 15.9 Å². The van der Waals surface area contributed by atoms with E-state index in [-0.39, 0.29) is 10.6 Å². The van der Waals surface area contributed by atoms with Crippen LogP contribution in [0.1, 0.15) is 23.1 Å². The summed E-state index contributed by atoms with van der Waals surface area (Å²) in [7, 11) is 0. The Bertz CT molecular complexity index is 736. The molecule has 3 aromatic rings. The Morgan fingerprint density at radius 1 is 1.33 bits per heavy atom. The molecule has 5 nitrogen and oxygen atoms in total. The van der Waals surface area contributed by atoms with E-state index in [1.807, 2.05) is 13.1 Å². The molecule has 0 spiro atoms. The highest BCUT2D eigenvalue weighted by Crippen LogP contribution is 2.20. The summed E-state index contributed by atoms with van der Waals surface area (Å²) in [5.74, 6) is 0.170. The van der Waals surface area contributed by atoms with E-state index in [0.29, 0.717) is 12.4 Å². The molecule has 3 rings (SSSR count). The summed E-state index contributed by atoms with van der Waals surface area (Å²) in [5, 5.41) is 8.08. The van der Waals surface area contributed by atoms with Gasteiger partial charge in [-0.25, -0.2) is 14.1 Å². The summed E-state index contributed by atoms with van der Waals surface area (Å²) in [4.78, 5) is 4.52. The molecule has 0 aliphatic rings. The first-order valence-electron chi connectivity index (χ1n) is 6.36. The van der Waals surface area contributed by atoms with Crippen LogP contribution in [0.5, 0.6) is 0 Å². The average molecular weight is 351 g/mol. The standard InChI is InChI=1S/C14H12BrFN4O/c1-9(15)13-7-20(19-18-13)6-12-8-21-14(17-12)10-2-4-11(16)5-3-10/h2-5,7-9H,6H2,1H3. The first-order valence-corrected chi connectivity index (χ1v) is 7.28. The van der Waals surface area contributed by atoms with Gasteiger partial charge in [-0.2, -0.15) is 0 Å². The van der Waals surface area contributed by atoms with E-state index >= 15 is 0 Å². The Labute approximate surface area is 128 Å². The third-order valence-corrected chi connectivity index (χ3v) is 3.40. The number of aromatic nitrogens is 4. The lowest BCUT2D eigenvalue weighted by Crippen LogP contribution is -2.00. The molecule has 0 amide bonds. The van der Waals surface area contributed by atoms with Crippen molar-refractivity contribution in [3.05, 3.63) is 53.9 Å². The number of hydrogen-bond donors (Lipinski definition) is 0. The van der Waals surface area contributed by atoms with Gasteiger partial charge in [-0.1, -0.05) is 21.1 Å². The topological polar surface area (TPSA) is 56.7 Å². The van der Waals surface area contributed by atoms with Gasteiger partial charge in [0.2, 0.25) is 5.89 Å².